The van der Waals surface area contributed by atoms with Gasteiger partial charge < -0.3 is 15.4 Å². The van der Waals surface area contributed by atoms with E-state index < -0.39 is 0 Å². The van der Waals surface area contributed by atoms with Gasteiger partial charge in [-0.25, -0.2) is 0 Å². The van der Waals surface area contributed by atoms with Crippen molar-refractivity contribution in [1.29, 1.82) is 0 Å². The minimum absolute atomic E-state index is 0.0680. The highest BCUT2D eigenvalue weighted by molar-refractivity contribution is 6.43. The smallest absolute Gasteiger partial charge is 0.243 e. The topological polar surface area (TPSA) is 50.4 Å². The highest BCUT2D eigenvalue weighted by atomic mass is 35.5. The Morgan fingerprint density at radius 3 is 2.54 bits per heavy atom. The zero-order chi connectivity index (χ0) is 17.5. The van der Waals surface area contributed by atoms with Crippen LogP contribution >= 0.6 is 23.2 Å². The summed E-state index contributed by atoms with van der Waals surface area (Å²) in [7, 11) is 0. The zero-order valence-corrected chi connectivity index (χ0v) is 15.1. The third-order valence-electron chi connectivity index (χ3n) is 3.12. The number of carbonyl (C=O) groups excluding carboxylic acids is 1. The summed E-state index contributed by atoms with van der Waals surface area (Å²) in [5.41, 5.74) is 1.26. The van der Waals surface area contributed by atoms with Crippen LogP contribution in [0.15, 0.2) is 42.5 Å². The first kappa shape index (κ1) is 18.4. The fourth-order valence-electron chi connectivity index (χ4n) is 1.96. The normalized spacial score (nSPS) is 10.5. The summed E-state index contributed by atoms with van der Waals surface area (Å²) in [6.07, 6.45) is 0. The van der Waals surface area contributed by atoms with Crippen LogP contribution < -0.4 is 15.4 Å². The van der Waals surface area contributed by atoms with Gasteiger partial charge in [0.15, 0.2) is 0 Å². The predicted molar refractivity (Wildman–Crippen MR) is 100 cm³/mol. The molecule has 6 heteroatoms. The van der Waals surface area contributed by atoms with E-state index in [1.165, 1.54) is 0 Å². The Morgan fingerprint density at radius 1 is 1.08 bits per heavy atom. The van der Waals surface area contributed by atoms with E-state index in [0.717, 1.165) is 0 Å². The molecule has 0 bridgehead atoms. The van der Waals surface area contributed by atoms with Crippen LogP contribution in [0.5, 0.6) is 5.75 Å². The summed E-state index contributed by atoms with van der Waals surface area (Å²) in [5, 5.41) is 6.65. The van der Waals surface area contributed by atoms with Crippen LogP contribution in [0.4, 0.5) is 11.4 Å². The fourth-order valence-corrected chi connectivity index (χ4v) is 2.33. The quantitative estimate of drug-likeness (QED) is 0.718. The molecule has 0 spiro atoms. The second kappa shape index (κ2) is 8.81. The molecule has 0 saturated heterocycles. The molecule has 128 valence electrons. The summed E-state index contributed by atoms with van der Waals surface area (Å²) in [5.74, 6) is 0.854. The van der Waals surface area contributed by atoms with Crippen molar-refractivity contribution >= 4 is 40.5 Å². The third-order valence-corrected chi connectivity index (χ3v) is 3.94. The highest BCUT2D eigenvalue weighted by Crippen LogP contribution is 2.29. The highest BCUT2D eigenvalue weighted by Gasteiger charge is 2.10. The van der Waals surface area contributed by atoms with Crippen LogP contribution in [0.2, 0.25) is 10.0 Å². The van der Waals surface area contributed by atoms with E-state index >= 15 is 0 Å². The molecule has 0 aromatic heterocycles. The van der Waals surface area contributed by atoms with E-state index in [-0.39, 0.29) is 12.5 Å². The number of anilines is 2. The Bertz CT molecular complexity index is 705. The first-order valence-electron chi connectivity index (χ1n) is 7.67. The summed E-state index contributed by atoms with van der Waals surface area (Å²) < 4.78 is 5.72. The average molecular weight is 367 g/mol. The van der Waals surface area contributed by atoms with E-state index in [1.807, 2.05) is 18.2 Å². The first-order valence-corrected chi connectivity index (χ1v) is 8.42. The van der Waals surface area contributed by atoms with E-state index in [2.05, 4.69) is 24.5 Å². The number of carbonyl (C=O) groups is 1. The minimum Gasteiger partial charge on any atom is -0.491 e. The van der Waals surface area contributed by atoms with Gasteiger partial charge in [0.05, 0.1) is 34.6 Å². The molecular formula is C18H20Cl2N2O2. The number of para-hydroxylation sites is 2. The van der Waals surface area contributed by atoms with Crippen molar-refractivity contribution in [2.45, 2.75) is 13.8 Å². The summed E-state index contributed by atoms with van der Waals surface area (Å²) >= 11 is 12.0. The number of ether oxygens (including phenoxy) is 1. The average Bonchev–Trinajstić information content (AvgIpc) is 2.55. The molecule has 24 heavy (non-hydrogen) atoms. The maximum atomic E-state index is 12.2. The lowest BCUT2D eigenvalue weighted by molar-refractivity contribution is -0.114. The van der Waals surface area contributed by atoms with Gasteiger partial charge in [-0.15, -0.1) is 0 Å². The van der Waals surface area contributed by atoms with Crippen molar-refractivity contribution in [2.24, 2.45) is 5.92 Å². The largest absolute Gasteiger partial charge is 0.491 e. The molecule has 2 rings (SSSR count). The molecule has 2 N–H and O–H groups in total. The fraction of sp³-hybridized carbons (Fsp3) is 0.278. The maximum Gasteiger partial charge on any atom is 0.243 e. The van der Waals surface area contributed by atoms with Crippen LogP contribution in [0, 0.1) is 5.92 Å². The Balaban J connectivity index is 1.96. The number of hydrogen-bond donors (Lipinski definition) is 2. The van der Waals surface area contributed by atoms with Gasteiger partial charge in [0, 0.05) is 0 Å². The van der Waals surface area contributed by atoms with Gasteiger partial charge in [-0.2, -0.15) is 0 Å². The second-order valence-corrected chi connectivity index (χ2v) is 6.49. The van der Waals surface area contributed by atoms with Gasteiger partial charge in [0.25, 0.3) is 0 Å². The van der Waals surface area contributed by atoms with Crippen LogP contribution in [-0.2, 0) is 4.79 Å². The van der Waals surface area contributed by atoms with Gasteiger partial charge in [-0.1, -0.05) is 55.2 Å². The molecule has 0 radical (unpaired) electrons. The molecule has 0 fully saturated rings. The molecule has 0 aliphatic heterocycles. The Morgan fingerprint density at radius 2 is 1.79 bits per heavy atom. The number of amides is 1. The van der Waals surface area contributed by atoms with Crippen molar-refractivity contribution in [2.75, 3.05) is 23.8 Å². The molecule has 0 saturated carbocycles. The lowest BCUT2D eigenvalue weighted by Crippen LogP contribution is -2.22. The number of halogens is 2. The number of hydrogen-bond acceptors (Lipinski definition) is 3. The maximum absolute atomic E-state index is 12.2. The summed E-state index contributed by atoms with van der Waals surface area (Å²) in [4.78, 5) is 12.2. The Labute approximate surface area is 152 Å². The van der Waals surface area contributed by atoms with Gasteiger partial charge in [0.2, 0.25) is 5.91 Å². The minimum atomic E-state index is -0.202. The molecule has 2 aromatic rings. The van der Waals surface area contributed by atoms with Crippen molar-refractivity contribution in [1.82, 2.24) is 0 Å². The number of nitrogens with one attached hydrogen (secondary N) is 2. The van der Waals surface area contributed by atoms with E-state index in [0.29, 0.717) is 39.7 Å². The van der Waals surface area contributed by atoms with E-state index in [4.69, 9.17) is 27.9 Å². The summed E-state index contributed by atoms with van der Waals surface area (Å²) in [6, 6.07) is 12.6. The van der Waals surface area contributed by atoms with Gasteiger partial charge in [0.1, 0.15) is 5.75 Å². The van der Waals surface area contributed by atoms with E-state index in [9.17, 15) is 4.79 Å². The third kappa shape index (κ3) is 5.32. The molecule has 1 amide bonds. The van der Waals surface area contributed by atoms with Crippen LogP contribution in [0.1, 0.15) is 13.8 Å². The molecule has 0 aliphatic carbocycles. The molecule has 0 heterocycles. The van der Waals surface area contributed by atoms with Crippen molar-refractivity contribution in [3.05, 3.63) is 52.5 Å². The monoisotopic (exact) mass is 366 g/mol. The lowest BCUT2D eigenvalue weighted by atomic mass is 10.2. The van der Waals surface area contributed by atoms with Gasteiger partial charge in [-0.3, -0.25) is 4.79 Å². The molecule has 2 aromatic carbocycles. The SMILES string of the molecule is CC(C)COc1ccccc1NC(=O)CNc1cccc(Cl)c1Cl. The van der Waals surface area contributed by atoms with Crippen LogP contribution in [-0.4, -0.2) is 19.1 Å². The first-order chi connectivity index (χ1) is 11.5. The van der Waals surface area contributed by atoms with Crippen molar-refractivity contribution in [3.63, 3.8) is 0 Å². The Kier molecular flexibility index (Phi) is 6.76. The molecule has 0 aliphatic rings. The molecule has 0 unspecified atom stereocenters. The number of benzene rings is 2. The van der Waals surface area contributed by atoms with Gasteiger partial charge in [-0.05, 0) is 30.2 Å². The van der Waals surface area contributed by atoms with Crippen molar-refractivity contribution in [3.8, 4) is 5.75 Å². The molecule has 0 atom stereocenters. The molecular weight excluding hydrogens is 347 g/mol. The van der Waals surface area contributed by atoms with Crippen LogP contribution in [0.25, 0.3) is 0 Å². The molecule has 4 nitrogen and oxygen atoms in total. The second-order valence-electron chi connectivity index (χ2n) is 5.70. The van der Waals surface area contributed by atoms with Crippen molar-refractivity contribution < 1.29 is 9.53 Å². The Hall–Kier alpha value is -1.91. The lowest BCUT2D eigenvalue weighted by Gasteiger charge is -2.14. The zero-order valence-electron chi connectivity index (χ0n) is 13.6. The summed E-state index contributed by atoms with van der Waals surface area (Å²) in [6.45, 7) is 4.79. The van der Waals surface area contributed by atoms with Gasteiger partial charge >= 0.3 is 0 Å². The number of rotatable bonds is 7. The predicted octanol–water partition coefficient (Wildman–Crippen LogP) is 5.08. The van der Waals surface area contributed by atoms with Crippen LogP contribution in [0.3, 0.4) is 0 Å². The van der Waals surface area contributed by atoms with E-state index in [1.54, 1.807) is 24.3 Å². The standard InChI is InChI=1S/C18H20Cl2N2O2/c1-12(2)11-24-16-9-4-3-7-14(16)22-17(23)10-21-15-8-5-6-13(19)18(15)20/h3-9,12,21H,10-11H2,1-2H3,(H,22,23).